The summed E-state index contributed by atoms with van der Waals surface area (Å²) in [6, 6.07) is -0.272. The molecule has 13 heavy (non-hydrogen) atoms. The Bertz CT molecular complexity index is 255. The number of fused-ring (bicyclic) bond motifs is 1. The molecule has 72 valence electrons. The highest BCUT2D eigenvalue weighted by molar-refractivity contribution is 6.29. The molecule has 2 N–H and O–H groups in total. The number of piperidine rings is 1. The fraction of sp³-hybridized carbons (Fsp3) is 0.714. The molecule has 0 bridgehead atoms. The summed E-state index contributed by atoms with van der Waals surface area (Å²) in [5.74, 6) is -1.93. The molecular weight excluding hydrogens is 176 g/mol. The van der Waals surface area contributed by atoms with Crippen molar-refractivity contribution in [2.45, 2.75) is 25.1 Å². The monoisotopic (exact) mass is 186 g/mol. The number of hydrogen-bond acceptors (Lipinski definition) is 6. The lowest BCUT2D eigenvalue weighted by Gasteiger charge is -2.38. The molecule has 0 saturated carbocycles. The topological polar surface area (TPSA) is 81.9 Å². The first-order valence-electron chi connectivity index (χ1n) is 4.13. The summed E-state index contributed by atoms with van der Waals surface area (Å²) in [5, 5.41) is 1.33. The maximum absolute atomic E-state index is 10.8. The first-order valence-corrected chi connectivity index (χ1v) is 4.13. The molecule has 2 heterocycles. The van der Waals surface area contributed by atoms with Crippen molar-refractivity contribution in [3.8, 4) is 0 Å². The van der Waals surface area contributed by atoms with E-state index >= 15 is 0 Å². The summed E-state index contributed by atoms with van der Waals surface area (Å²) < 4.78 is 4.80. The van der Waals surface area contributed by atoms with Crippen LogP contribution in [0.3, 0.4) is 0 Å². The molecule has 2 rings (SSSR count). The van der Waals surface area contributed by atoms with E-state index in [1.54, 1.807) is 0 Å². The van der Waals surface area contributed by atoms with E-state index in [0.717, 1.165) is 12.8 Å². The summed E-state index contributed by atoms with van der Waals surface area (Å²) in [5.41, 5.74) is 5.69. The zero-order valence-corrected chi connectivity index (χ0v) is 6.93. The highest BCUT2D eigenvalue weighted by Crippen LogP contribution is 2.21. The highest BCUT2D eigenvalue weighted by Gasteiger charge is 2.41. The van der Waals surface area contributed by atoms with Gasteiger partial charge < -0.3 is 15.3 Å². The summed E-state index contributed by atoms with van der Waals surface area (Å²) in [7, 11) is 0. The third-order valence-electron chi connectivity index (χ3n) is 2.16. The normalized spacial score (nSPS) is 34.8. The second kappa shape index (κ2) is 2.97. The van der Waals surface area contributed by atoms with Crippen LogP contribution in [0, 0.1) is 0 Å². The van der Waals surface area contributed by atoms with Crippen LogP contribution >= 0.6 is 0 Å². The van der Waals surface area contributed by atoms with Gasteiger partial charge in [-0.1, -0.05) is 5.06 Å². The summed E-state index contributed by atoms with van der Waals surface area (Å²) in [6.07, 6.45) is 1.01. The molecule has 1 unspecified atom stereocenters. The maximum atomic E-state index is 10.8. The molecule has 0 aromatic heterocycles. The minimum atomic E-state index is -0.967. The Kier molecular flexibility index (Phi) is 1.93. The van der Waals surface area contributed by atoms with Gasteiger partial charge in [-0.2, -0.15) is 0 Å². The van der Waals surface area contributed by atoms with Gasteiger partial charge in [0.2, 0.25) is 6.23 Å². The van der Waals surface area contributed by atoms with Crippen molar-refractivity contribution in [1.82, 2.24) is 5.06 Å². The second-order valence-electron chi connectivity index (χ2n) is 3.12. The fourth-order valence-corrected chi connectivity index (χ4v) is 1.51. The van der Waals surface area contributed by atoms with E-state index in [2.05, 4.69) is 0 Å². The lowest BCUT2D eigenvalue weighted by molar-refractivity contribution is -0.276. The fourth-order valence-electron chi connectivity index (χ4n) is 1.51. The smallest absolute Gasteiger partial charge is 0.433 e. The van der Waals surface area contributed by atoms with E-state index in [0.29, 0.717) is 6.54 Å². The van der Waals surface area contributed by atoms with Gasteiger partial charge in [-0.15, -0.1) is 0 Å². The third-order valence-corrected chi connectivity index (χ3v) is 2.16. The molecule has 2 atom stereocenters. The van der Waals surface area contributed by atoms with Crippen LogP contribution < -0.4 is 5.73 Å². The Morgan fingerprint density at radius 3 is 2.92 bits per heavy atom. The van der Waals surface area contributed by atoms with E-state index < -0.39 is 18.2 Å². The number of hydrogen-bond donors (Lipinski definition) is 1. The number of nitrogens with zero attached hydrogens (tertiary/aromatic N) is 1. The van der Waals surface area contributed by atoms with Crippen molar-refractivity contribution in [1.29, 1.82) is 0 Å². The molecule has 6 heteroatoms. The molecule has 2 aliphatic heterocycles. The quantitative estimate of drug-likeness (QED) is 0.376. The number of ether oxygens (including phenoxy) is 1. The van der Waals surface area contributed by atoms with Crippen LogP contribution in [0.1, 0.15) is 12.8 Å². The maximum Gasteiger partial charge on any atom is 0.436 e. The van der Waals surface area contributed by atoms with Crippen LogP contribution in [-0.2, 0) is 19.2 Å². The lowest BCUT2D eigenvalue weighted by Crippen LogP contribution is -2.58. The van der Waals surface area contributed by atoms with Gasteiger partial charge in [-0.05, 0) is 12.8 Å². The first-order chi connectivity index (χ1) is 6.18. The number of carbonyl (C=O) groups excluding carboxylic acids is 2. The first kappa shape index (κ1) is 8.46. The highest BCUT2D eigenvalue weighted by atomic mass is 16.8. The van der Waals surface area contributed by atoms with Crippen molar-refractivity contribution >= 4 is 11.9 Å². The summed E-state index contributed by atoms with van der Waals surface area (Å²) in [6.45, 7) is 0.567. The van der Waals surface area contributed by atoms with Crippen LogP contribution in [-0.4, -0.2) is 35.8 Å². The lowest BCUT2D eigenvalue weighted by atomic mass is 10.1. The predicted octanol–water partition coefficient (Wildman–Crippen LogP) is -1.25. The number of hydroxylamine groups is 2. The van der Waals surface area contributed by atoms with Gasteiger partial charge in [0.25, 0.3) is 0 Å². The Morgan fingerprint density at radius 1 is 1.38 bits per heavy atom. The molecule has 0 spiro atoms. The standard InChI is InChI=1S/C7H10N2O4/c8-4-2-1-3-9-5(4)12-6(10)7(11)13-9/h4-5H,1-3,8H2/t4-,5?/m1/s1. The third kappa shape index (κ3) is 1.38. The summed E-state index contributed by atoms with van der Waals surface area (Å²) >= 11 is 0. The van der Waals surface area contributed by atoms with E-state index in [1.165, 1.54) is 5.06 Å². The van der Waals surface area contributed by atoms with Crippen LogP contribution in [0.5, 0.6) is 0 Å². The molecule has 0 aromatic carbocycles. The number of carbonyl (C=O) groups is 2. The predicted molar refractivity (Wildman–Crippen MR) is 39.9 cm³/mol. The SMILES string of the molecule is N[C@@H]1CCCN2OC(=O)C(=O)OC12. The van der Waals surface area contributed by atoms with Crippen LogP contribution in [0.15, 0.2) is 0 Å². The van der Waals surface area contributed by atoms with Crippen LogP contribution in [0.4, 0.5) is 0 Å². The van der Waals surface area contributed by atoms with Gasteiger partial charge in [-0.25, -0.2) is 9.59 Å². The van der Waals surface area contributed by atoms with E-state index in [1.807, 2.05) is 0 Å². The number of esters is 1. The molecular formula is C7H10N2O4. The Labute approximate surface area is 74.5 Å². The Balaban J connectivity index is 2.12. The molecule has 6 nitrogen and oxygen atoms in total. The second-order valence-corrected chi connectivity index (χ2v) is 3.12. The number of nitrogens with two attached hydrogens (primary N) is 1. The van der Waals surface area contributed by atoms with Crippen molar-refractivity contribution in [2.75, 3.05) is 6.54 Å². The van der Waals surface area contributed by atoms with Crippen molar-refractivity contribution < 1.29 is 19.2 Å². The van der Waals surface area contributed by atoms with Gasteiger partial charge in [0.15, 0.2) is 0 Å². The zero-order chi connectivity index (χ0) is 9.42. The Hall–Kier alpha value is -1.14. The largest absolute Gasteiger partial charge is 0.436 e. The Morgan fingerprint density at radius 2 is 2.15 bits per heavy atom. The molecule has 2 fully saturated rings. The van der Waals surface area contributed by atoms with E-state index in [9.17, 15) is 9.59 Å². The average Bonchev–Trinajstić information content (AvgIpc) is 2.09. The van der Waals surface area contributed by atoms with E-state index in [-0.39, 0.29) is 6.04 Å². The molecule has 2 aliphatic rings. The van der Waals surface area contributed by atoms with E-state index in [4.69, 9.17) is 15.3 Å². The molecule has 2 saturated heterocycles. The van der Waals surface area contributed by atoms with Crippen molar-refractivity contribution in [3.05, 3.63) is 0 Å². The molecule has 0 aliphatic carbocycles. The molecule has 0 radical (unpaired) electrons. The van der Waals surface area contributed by atoms with Gasteiger partial charge in [0, 0.05) is 6.54 Å². The van der Waals surface area contributed by atoms with Crippen LogP contribution in [0.2, 0.25) is 0 Å². The van der Waals surface area contributed by atoms with Gasteiger partial charge in [0.1, 0.15) is 0 Å². The van der Waals surface area contributed by atoms with Gasteiger partial charge in [-0.3, -0.25) is 0 Å². The average molecular weight is 186 g/mol. The molecule has 0 amide bonds. The summed E-state index contributed by atoms with van der Waals surface area (Å²) in [4.78, 5) is 26.3. The van der Waals surface area contributed by atoms with Crippen molar-refractivity contribution in [2.24, 2.45) is 5.73 Å². The zero-order valence-electron chi connectivity index (χ0n) is 6.93. The minimum Gasteiger partial charge on any atom is -0.433 e. The minimum absolute atomic E-state index is 0.272. The molecule has 0 aromatic rings. The van der Waals surface area contributed by atoms with Gasteiger partial charge in [0.05, 0.1) is 6.04 Å². The van der Waals surface area contributed by atoms with Gasteiger partial charge >= 0.3 is 11.9 Å². The van der Waals surface area contributed by atoms with Crippen LogP contribution in [0.25, 0.3) is 0 Å². The number of rotatable bonds is 0. The van der Waals surface area contributed by atoms with Crippen molar-refractivity contribution in [3.63, 3.8) is 0 Å².